The topological polar surface area (TPSA) is 109 Å². The van der Waals surface area contributed by atoms with E-state index in [1.807, 2.05) is 30.3 Å². The van der Waals surface area contributed by atoms with E-state index in [1.165, 1.54) is 6.21 Å². The summed E-state index contributed by atoms with van der Waals surface area (Å²) in [5.74, 6) is 0.843. The number of rotatable bonds is 6. The molecule has 1 aromatic heterocycles. The minimum atomic E-state index is -0.475. The Hall–Kier alpha value is -4.33. The summed E-state index contributed by atoms with van der Waals surface area (Å²) in [6, 6.07) is 17.9. The fraction of sp³-hybridized carbons (Fsp3) is 0.0870. The summed E-state index contributed by atoms with van der Waals surface area (Å²) in [5, 5.41) is 22.9. The maximum atomic E-state index is 12.5. The molecule has 0 aliphatic carbocycles. The van der Waals surface area contributed by atoms with Crippen molar-refractivity contribution in [3.63, 3.8) is 0 Å². The van der Waals surface area contributed by atoms with Crippen LogP contribution in [0.5, 0.6) is 17.2 Å². The average molecular weight is 416 g/mol. The van der Waals surface area contributed by atoms with E-state index in [2.05, 4.69) is 20.7 Å². The van der Waals surface area contributed by atoms with Crippen LogP contribution in [0.1, 0.15) is 16.1 Å². The van der Waals surface area contributed by atoms with Crippen LogP contribution in [0, 0.1) is 0 Å². The number of phenols is 1. The first-order chi connectivity index (χ1) is 15.1. The third-order valence-electron chi connectivity index (χ3n) is 4.81. The zero-order valence-electron chi connectivity index (χ0n) is 16.9. The van der Waals surface area contributed by atoms with Crippen molar-refractivity contribution in [2.75, 3.05) is 14.2 Å². The van der Waals surface area contributed by atoms with Crippen LogP contribution in [0.25, 0.3) is 22.0 Å². The molecule has 8 heteroatoms. The number of ether oxygens (including phenoxy) is 2. The van der Waals surface area contributed by atoms with Crippen molar-refractivity contribution in [1.82, 2.24) is 15.6 Å². The van der Waals surface area contributed by atoms with E-state index < -0.39 is 5.91 Å². The normalized spacial score (nSPS) is 11.0. The molecular formula is C23H20N4O4. The van der Waals surface area contributed by atoms with Crippen molar-refractivity contribution in [2.24, 2.45) is 5.10 Å². The molecule has 1 heterocycles. The number of phenolic OH excluding ortho intramolecular Hbond substituents is 1. The molecule has 0 saturated heterocycles. The minimum absolute atomic E-state index is 0.0747. The first kappa shape index (κ1) is 20.0. The van der Waals surface area contributed by atoms with Crippen molar-refractivity contribution in [2.45, 2.75) is 0 Å². The number of methoxy groups -OCH3 is 2. The van der Waals surface area contributed by atoms with E-state index in [0.717, 1.165) is 10.8 Å². The van der Waals surface area contributed by atoms with Crippen LogP contribution >= 0.6 is 0 Å². The number of aromatic hydroxyl groups is 1. The second-order valence-electron chi connectivity index (χ2n) is 6.65. The van der Waals surface area contributed by atoms with Crippen molar-refractivity contribution < 1.29 is 19.4 Å². The van der Waals surface area contributed by atoms with E-state index >= 15 is 0 Å². The molecule has 0 fully saturated rings. The van der Waals surface area contributed by atoms with Gasteiger partial charge in [0, 0.05) is 11.1 Å². The minimum Gasteiger partial charge on any atom is -0.507 e. The Bertz CT molecular complexity index is 1280. The predicted octanol–water partition coefficient (Wildman–Crippen LogP) is 3.72. The number of aromatic amines is 1. The number of fused-ring (bicyclic) bond motifs is 1. The van der Waals surface area contributed by atoms with Crippen LogP contribution in [0.3, 0.4) is 0 Å². The Morgan fingerprint density at radius 1 is 1.10 bits per heavy atom. The van der Waals surface area contributed by atoms with Crippen molar-refractivity contribution in [1.29, 1.82) is 0 Å². The molecule has 0 bridgehead atoms. The summed E-state index contributed by atoms with van der Waals surface area (Å²) in [6.45, 7) is 0. The third-order valence-corrected chi connectivity index (χ3v) is 4.81. The van der Waals surface area contributed by atoms with E-state index in [0.29, 0.717) is 28.3 Å². The maximum Gasteiger partial charge on any atom is 0.289 e. The first-order valence-electron chi connectivity index (χ1n) is 9.42. The van der Waals surface area contributed by atoms with Crippen LogP contribution in [-0.2, 0) is 0 Å². The fourth-order valence-electron chi connectivity index (χ4n) is 3.23. The largest absolute Gasteiger partial charge is 0.507 e. The molecule has 0 aliphatic rings. The van der Waals surface area contributed by atoms with E-state index in [1.54, 1.807) is 44.6 Å². The lowest BCUT2D eigenvalue weighted by atomic mass is 10.0. The molecule has 3 aromatic carbocycles. The highest BCUT2D eigenvalue weighted by Crippen LogP contribution is 2.32. The summed E-state index contributed by atoms with van der Waals surface area (Å²) >= 11 is 0. The highest BCUT2D eigenvalue weighted by Gasteiger charge is 2.15. The third kappa shape index (κ3) is 4.04. The molecule has 8 nitrogen and oxygen atoms in total. The van der Waals surface area contributed by atoms with Crippen LogP contribution < -0.4 is 14.9 Å². The van der Waals surface area contributed by atoms with Gasteiger partial charge in [-0.2, -0.15) is 10.2 Å². The first-order valence-corrected chi connectivity index (χ1v) is 9.42. The molecule has 4 aromatic rings. The number of amides is 1. The van der Waals surface area contributed by atoms with Gasteiger partial charge in [-0.25, -0.2) is 5.43 Å². The lowest BCUT2D eigenvalue weighted by Crippen LogP contribution is -2.18. The molecule has 156 valence electrons. The second kappa shape index (κ2) is 8.58. The molecule has 0 radical (unpaired) electrons. The SMILES string of the molecule is COc1ccc(OC)c(-c2cc(C(=O)N/N=C/c3c(O)ccc4ccccc34)[nH]n2)c1. The molecule has 3 N–H and O–H groups in total. The van der Waals surface area contributed by atoms with Gasteiger partial charge in [-0.15, -0.1) is 0 Å². The van der Waals surface area contributed by atoms with Gasteiger partial charge in [-0.1, -0.05) is 30.3 Å². The summed E-state index contributed by atoms with van der Waals surface area (Å²) in [5.41, 5.74) is 4.39. The van der Waals surface area contributed by atoms with Gasteiger partial charge in [0.05, 0.1) is 26.1 Å². The van der Waals surface area contributed by atoms with E-state index in [4.69, 9.17) is 9.47 Å². The van der Waals surface area contributed by atoms with Gasteiger partial charge in [-0.3, -0.25) is 9.89 Å². The van der Waals surface area contributed by atoms with E-state index in [9.17, 15) is 9.90 Å². The standard InChI is InChI=1S/C23H20N4O4/c1-30-15-8-10-22(31-2)17(11-15)19-12-20(26-25-19)23(29)27-24-13-18-16-6-4-3-5-14(16)7-9-21(18)28/h3-13,28H,1-2H3,(H,25,26)(H,27,29)/b24-13+. The lowest BCUT2D eigenvalue weighted by Gasteiger charge is -2.08. The molecule has 0 aliphatic heterocycles. The van der Waals surface area contributed by atoms with Gasteiger partial charge in [0.15, 0.2) is 0 Å². The maximum absolute atomic E-state index is 12.5. The Labute approximate surface area is 178 Å². The number of aromatic nitrogens is 2. The van der Waals surface area contributed by atoms with Gasteiger partial charge < -0.3 is 14.6 Å². The van der Waals surface area contributed by atoms with Gasteiger partial charge in [0.2, 0.25) is 0 Å². The number of H-pyrrole nitrogens is 1. The van der Waals surface area contributed by atoms with Crippen molar-refractivity contribution in [3.8, 4) is 28.5 Å². The number of benzene rings is 3. The van der Waals surface area contributed by atoms with Crippen molar-refractivity contribution >= 4 is 22.9 Å². The molecular weight excluding hydrogens is 396 g/mol. The van der Waals surface area contributed by atoms with Crippen LogP contribution in [0.15, 0.2) is 65.8 Å². The van der Waals surface area contributed by atoms with Gasteiger partial charge in [-0.05, 0) is 41.1 Å². The van der Waals surface area contributed by atoms with Crippen LogP contribution in [0.2, 0.25) is 0 Å². The summed E-state index contributed by atoms with van der Waals surface area (Å²) in [6.07, 6.45) is 1.41. The fourth-order valence-corrected chi connectivity index (χ4v) is 3.23. The number of hydrogen-bond acceptors (Lipinski definition) is 6. The highest BCUT2D eigenvalue weighted by atomic mass is 16.5. The van der Waals surface area contributed by atoms with E-state index in [-0.39, 0.29) is 11.4 Å². The van der Waals surface area contributed by atoms with Crippen molar-refractivity contribution in [3.05, 3.63) is 71.9 Å². The van der Waals surface area contributed by atoms with Gasteiger partial charge in [0.25, 0.3) is 5.91 Å². The Balaban J connectivity index is 1.54. The van der Waals surface area contributed by atoms with Crippen LogP contribution in [0.4, 0.5) is 0 Å². The molecule has 4 rings (SSSR count). The lowest BCUT2D eigenvalue weighted by molar-refractivity contribution is 0.0950. The zero-order chi connectivity index (χ0) is 21.8. The Morgan fingerprint density at radius 2 is 1.94 bits per heavy atom. The number of hydrazone groups is 1. The summed E-state index contributed by atoms with van der Waals surface area (Å²) < 4.78 is 10.6. The molecule has 0 spiro atoms. The Morgan fingerprint density at radius 3 is 2.74 bits per heavy atom. The summed E-state index contributed by atoms with van der Waals surface area (Å²) in [7, 11) is 3.13. The van der Waals surface area contributed by atoms with Gasteiger partial charge >= 0.3 is 0 Å². The Kier molecular flexibility index (Phi) is 5.53. The monoisotopic (exact) mass is 416 g/mol. The second-order valence-corrected chi connectivity index (χ2v) is 6.65. The van der Waals surface area contributed by atoms with Crippen LogP contribution in [-0.4, -0.2) is 41.6 Å². The summed E-state index contributed by atoms with van der Waals surface area (Å²) in [4.78, 5) is 12.5. The molecule has 0 saturated carbocycles. The smallest absolute Gasteiger partial charge is 0.289 e. The quantitative estimate of drug-likeness (QED) is 0.328. The predicted molar refractivity (Wildman–Crippen MR) is 118 cm³/mol. The number of carbonyl (C=O) groups is 1. The molecule has 0 atom stereocenters. The average Bonchev–Trinajstić information content (AvgIpc) is 3.30. The molecule has 1 amide bonds. The molecule has 0 unspecified atom stereocenters. The van der Waals surface area contributed by atoms with Gasteiger partial charge in [0.1, 0.15) is 22.9 Å². The zero-order valence-corrected chi connectivity index (χ0v) is 16.9. The number of nitrogens with one attached hydrogen (secondary N) is 2. The number of nitrogens with zero attached hydrogens (tertiary/aromatic N) is 2. The molecule has 31 heavy (non-hydrogen) atoms. The number of hydrogen-bond donors (Lipinski definition) is 3. The highest BCUT2D eigenvalue weighted by molar-refractivity contribution is 6.03. The number of carbonyl (C=O) groups excluding carboxylic acids is 1.